The maximum atomic E-state index is 13.0. The minimum absolute atomic E-state index is 0.148. The number of fused-ring (bicyclic) bond motifs is 1. The zero-order valence-corrected chi connectivity index (χ0v) is 12.8. The summed E-state index contributed by atoms with van der Waals surface area (Å²) in [7, 11) is 0. The lowest BCUT2D eigenvalue weighted by Gasteiger charge is -2.31. The third-order valence-electron chi connectivity index (χ3n) is 4.48. The molecule has 4 heteroatoms. The van der Waals surface area contributed by atoms with Crippen molar-refractivity contribution >= 4 is 5.91 Å². The van der Waals surface area contributed by atoms with Crippen molar-refractivity contribution in [3.63, 3.8) is 0 Å². The van der Waals surface area contributed by atoms with Crippen molar-refractivity contribution in [1.82, 2.24) is 10.2 Å². The minimum Gasteiger partial charge on any atom is -0.492 e. The monoisotopic (exact) mass is 288 g/mol. The quantitative estimate of drug-likeness (QED) is 0.923. The second kappa shape index (κ2) is 6.06. The van der Waals surface area contributed by atoms with E-state index in [9.17, 15) is 4.79 Å². The predicted molar refractivity (Wildman–Crippen MR) is 82.6 cm³/mol. The normalized spacial score (nSPS) is 24.0. The van der Waals surface area contributed by atoms with Crippen LogP contribution in [-0.2, 0) is 4.79 Å². The Hall–Kier alpha value is -1.55. The van der Waals surface area contributed by atoms with Gasteiger partial charge in [0.15, 0.2) is 0 Å². The molecule has 1 amide bonds. The number of amides is 1. The van der Waals surface area contributed by atoms with Crippen LogP contribution >= 0.6 is 0 Å². The SMILES string of the molecule is CC(C)N(CC1CCCN1)C(=O)C1COc2ccccc21. The van der Waals surface area contributed by atoms with Crippen molar-refractivity contribution in [3.8, 4) is 5.75 Å². The second-order valence-electron chi connectivity index (χ2n) is 6.28. The van der Waals surface area contributed by atoms with Gasteiger partial charge in [0.05, 0.1) is 0 Å². The van der Waals surface area contributed by atoms with Crippen molar-refractivity contribution in [2.45, 2.75) is 44.7 Å². The van der Waals surface area contributed by atoms with E-state index in [4.69, 9.17) is 4.74 Å². The maximum Gasteiger partial charge on any atom is 0.234 e. The fourth-order valence-electron chi connectivity index (χ4n) is 3.27. The van der Waals surface area contributed by atoms with Crippen LogP contribution in [0.15, 0.2) is 24.3 Å². The number of benzene rings is 1. The number of rotatable bonds is 4. The number of nitrogens with one attached hydrogen (secondary N) is 1. The Morgan fingerprint density at radius 3 is 2.95 bits per heavy atom. The highest BCUT2D eigenvalue weighted by molar-refractivity contribution is 5.85. The first-order valence-corrected chi connectivity index (χ1v) is 7.92. The van der Waals surface area contributed by atoms with Gasteiger partial charge >= 0.3 is 0 Å². The van der Waals surface area contributed by atoms with Crippen LogP contribution in [0, 0.1) is 0 Å². The van der Waals surface area contributed by atoms with Gasteiger partial charge in [0.25, 0.3) is 0 Å². The highest BCUT2D eigenvalue weighted by Crippen LogP contribution is 2.35. The van der Waals surface area contributed by atoms with Gasteiger partial charge in [0, 0.05) is 24.2 Å². The van der Waals surface area contributed by atoms with Gasteiger partial charge in [-0.15, -0.1) is 0 Å². The molecule has 2 aliphatic heterocycles. The molecule has 0 radical (unpaired) electrons. The minimum atomic E-state index is -0.148. The molecular formula is C17H24N2O2. The van der Waals surface area contributed by atoms with Crippen LogP contribution in [0.25, 0.3) is 0 Å². The molecule has 2 aliphatic rings. The zero-order chi connectivity index (χ0) is 14.8. The van der Waals surface area contributed by atoms with E-state index in [1.807, 2.05) is 29.2 Å². The Labute approximate surface area is 126 Å². The maximum absolute atomic E-state index is 13.0. The molecule has 1 aromatic rings. The molecule has 1 fully saturated rings. The summed E-state index contributed by atoms with van der Waals surface area (Å²) in [4.78, 5) is 15.0. The summed E-state index contributed by atoms with van der Waals surface area (Å²) in [6.45, 7) is 6.53. The lowest BCUT2D eigenvalue weighted by atomic mass is 9.98. The van der Waals surface area contributed by atoms with Gasteiger partial charge in [-0.25, -0.2) is 0 Å². The first kappa shape index (κ1) is 14.4. The number of carbonyl (C=O) groups is 1. The first-order valence-electron chi connectivity index (χ1n) is 7.92. The van der Waals surface area contributed by atoms with Crippen LogP contribution in [0.1, 0.15) is 38.2 Å². The summed E-state index contributed by atoms with van der Waals surface area (Å²) < 4.78 is 5.67. The Morgan fingerprint density at radius 1 is 1.43 bits per heavy atom. The summed E-state index contributed by atoms with van der Waals surface area (Å²) in [5.74, 6) is 0.909. The number of ether oxygens (including phenoxy) is 1. The third kappa shape index (κ3) is 2.91. The number of nitrogens with zero attached hydrogens (tertiary/aromatic N) is 1. The standard InChI is InChI=1S/C17H24N2O2/c1-12(2)19(10-13-6-5-9-18-13)17(20)15-11-21-16-8-4-3-7-14(15)16/h3-4,7-8,12-13,15,18H,5-6,9-11H2,1-2H3. The molecule has 21 heavy (non-hydrogen) atoms. The highest BCUT2D eigenvalue weighted by atomic mass is 16.5. The predicted octanol–water partition coefficient (Wildman–Crippen LogP) is 2.15. The molecule has 2 heterocycles. The average molecular weight is 288 g/mol. The molecular weight excluding hydrogens is 264 g/mol. The molecule has 2 unspecified atom stereocenters. The average Bonchev–Trinajstić information content (AvgIpc) is 3.13. The fraction of sp³-hybridized carbons (Fsp3) is 0.588. The van der Waals surface area contributed by atoms with Crippen LogP contribution in [-0.4, -0.2) is 42.6 Å². The topological polar surface area (TPSA) is 41.6 Å². The summed E-state index contributed by atoms with van der Waals surface area (Å²) in [5.41, 5.74) is 1.03. The van der Waals surface area contributed by atoms with Crippen molar-refractivity contribution < 1.29 is 9.53 Å². The van der Waals surface area contributed by atoms with Gasteiger partial charge in [-0.1, -0.05) is 18.2 Å². The van der Waals surface area contributed by atoms with E-state index in [0.29, 0.717) is 12.6 Å². The van der Waals surface area contributed by atoms with Crippen LogP contribution < -0.4 is 10.1 Å². The summed E-state index contributed by atoms with van der Waals surface area (Å²) in [6.07, 6.45) is 2.37. The van der Waals surface area contributed by atoms with Crippen LogP contribution in [0.5, 0.6) is 5.75 Å². The lowest BCUT2D eigenvalue weighted by molar-refractivity contribution is -0.135. The van der Waals surface area contributed by atoms with Gasteiger partial charge in [-0.3, -0.25) is 4.79 Å². The first-order chi connectivity index (χ1) is 10.2. The van der Waals surface area contributed by atoms with Crippen molar-refractivity contribution in [2.24, 2.45) is 0 Å². The Bertz CT molecular complexity index is 509. The second-order valence-corrected chi connectivity index (χ2v) is 6.28. The van der Waals surface area contributed by atoms with E-state index in [1.54, 1.807) is 0 Å². The lowest BCUT2D eigenvalue weighted by Crippen LogP contribution is -2.46. The highest BCUT2D eigenvalue weighted by Gasteiger charge is 2.35. The molecule has 0 spiro atoms. The van der Waals surface area contributed by atoms with Crippen molar-refractivity contribution in [2.75, 3.05) is 19.7 Å². The molecule has 0 aromatic heterocycles. The number of para-hydroxylation sites is 1. The van der Waals surface area contributed by atoms with Gasteiger partial charge in [0.1, 0.15) is 18.3 Å². The smallest absolute Gasteiger partial charge is 0.234 e. The Balaban J connectivity index is 1.75. The molecule has 0 aliphatic carbocycles. The van der Waals surface area contributed by atoms with Gasteiger partial charge in [0.2, 0.25) is 5.91 Å². The van der Waals surface area contributed by atoms with E-state index < -0.39 is 0 Å². The fourth-order valence-corrected chi connectivity index (χ4v) is 3.27. The zero-order valence-electron chi connectivity index (χ0n) is 12.8. The van der Waals surface area contributed by atoms with E-state index in [2.05, 4.69) is 19.2 Å². The molecule has 1 N–H and O–H groups in total. The van der Waals surface area contributed by atoms with Crippen molar-refractivity contribution in [3.05, 3.63) is 29.8 Å². The van der Waals surface area contributed by atoms with E-state index in [-0.39, 0.29) is 17.9 Å². The molecule has 0 saturated carbocycles. The Kier molecular flexibility index (Phi) is 4.15. The number of carbonyl (C=O) groups excluding carboxylic acids is 1. The molecule has 2 atom stereocenters. The van der Waals surface area contributed by atoms with Crippen LogP contribution in [0.4, 0.5) is 0 Å². The van der Waals surface area contributed by atoms with Gasteiger partial charge in [-0.05, 0) is 39.3 Å². The summed E-state index contributed by atoms with van der Waals surface area (Å²) >= 11 is 0. The summed E-state index contributed by atoms with van der Waals surface area (Å²) in [5, 5.41) is 3.48. The van der Waals surface area contributed by atoms with Crippen LogP contribution in [0.3, 0.4) is 0 Å². The molecule has 0 bridgehead atoms. The largest absolute Gasteiger partial charge is 0.492 e. The van der Waals surface area contributed by atoms with E-state index in [1.165, 1.54) is 6.42 Å². The van der Waals surface area contributed by atoms with Crippen LogP contribution in [0.2, 0.25) is 0 Å². The molecule has 1 aromatic carbocycles. The van der Waals surface area contributed by atoms with E-state index in [0.717, 1.165) is 30.8 Å². The van der Waals surface area contributed by atoms with Crippen molar-refractivity contribution in [1.29, 1.82) is 0 Å². The van der Waals surface area contributed by atoms with Gasteiger partial charge in [-0.2, -0.15) is 0 Å². The molecule has 114 valence electrons. The van der Waals surface area contributed by atoms with E-state index >= 15 is 0 Å². The summed E-state index contributed by atoms with van der Waals surface area (Å²) in [6, 6.07) is 8.54. The number of hydrogen-bond acceptors (Lipinski definition) is 3. The Morgan fingerprint density at radius 2 is 2.24 bits per heavy atom. The molecule has 3 rings (SSSR count). The third-order valence-corrected chi connectivity index (χ3v) is 4.48. The molecule has 4 nitrogen and oxygen atoms in total. The molecule has 1 saturated heterocycles. The number of hydrogen-bond donors (Lipinski definition) is 1. The van der Waals surface area contributed by atoms with Gasteiger partial charge < -0.3 is 15.0 Å².